The molecule has 0 aliphatic rings. The lowest BCUT2D eigenvalue weighted by Gasteiger charge is -2.09. The lowest BCUT2D eigenvalue weighted by molar-refractivity contribution is 0.790. The molecule has 5 nitrogen and oxygen atoms in total. The Balaban J connectivity index is 2.17. The molecule has 0 radical (unpaired) electrons. The van der Waals surface area contributed by atoms with Gasteiger partial charge in [-0.2, -0.15) is 4.68 Å². The number of hydrogen-bond acceptors (Lipinski definition) is 4. The highest BCUT2D eigenvalue weighted by molar-refractivity contribution is 9.10. The maximum Gasteiger partial charge on any atom is 0.187 e. The first-order valence-electron chi connectivity index (χ1n) is 6.47. The minimum atomic E-state index is 0.699. The van der Waals surface area contributed by atoms with Gasteiger partial charge >= 0.3 is 0 Å². The van der Waals surface area contributed by atoms with E-state index in [4.69, 9.17) is 5.73 Å². The summed E-state index contributed by atoms with van der Waals surface area (Å²) in [6.45, 7) is 4.03. The van der Waals surface area contributed by atoms with Gasteiger partial charge in [-0.3, -0.25) is 0 Å². The van der Waals surface area contributed by atoms with Gasteiger partial charge in [-0.1, -0.05) is 15.9 Å². The zero-order chi connectivity index (χ0) is 15.0. The van der Waals surface area contributed by atoms with Crippen molar-refractivity contribution in [3.63, 3.8) is 0 Å². The van der Waals surface area contributed by atoms with Crippen molar-refractivity contribution in [1.82, 2.24) is 20.2 Å². The molecule has 1 heterocycles. The largest absolute Gasteiger partial charge is 0.399 e. The Bertz CT molecular complexity index is 789. The van der Waals surface area contributed by atoms with Crippen molar-refractivity contribution >= 4 is 21.6 Å². The molecule has 21 heavy (non-hydrogen) atoms. The minimum Gasteiger partial charge on any atom is -0.399 e. The van der Waals surface area contributed by atoms with E-state index in [2.05, 4.69) is 31.5 Å². The van der Waals surface area contributed by atoms with Crippen LogP contribution in [0.2, 0.25) is 0 Å². The summed E-state index contributed by atoms with van der Waals surface area (Å²) in [5.74, 6) is 0.699. The monoisotopic (exact) mass is 343 g/mol. The molecule has 3 aromatic rings. The van der Waals surface area contributed by atoms with E-state index >= 15 is 0 Å². The van der Waals surface area contributed by atoms with Crippen molar-refractivity contribution in [1.29, 1.82) is 0 Å². The van der Waals surface area contributed by atoms with Gasteiger partial charge in [0, 0.05) is 15.7 Å². The van der Waals surface area contributed by atoms with E-state index in [1.807, 2.05) is 50.2 Å². The summed E-state index contributed by atoms with van der Waals surface area (Å²) in [6, 6.07) is 11.8. The number of nitrogens with zero attached hydrogens (tertiary/aromatic N) is 4. The highest BCUT2D eigenvalue weighted by Crippen LogP contribution is 2.26. The first-order valence-corrected chi connectivity index (χ1v) is 7.26. The van der Waals surface area contributed by atoms with Crippen molar-refractivity contribution in [2.45, 2.75) is 13.8 Å². The molecule has 0 aliphatic heterocycles. The fourth-order valence-corrected chi connectivity index (χ4v) is 2.90. The molecule has 1 aromatic heterocycles. The van der Waals surface area contributed by atoms with Crippen LogP contribution in [0.15, 0.2) is 40.9 Å². The van der Waals surface area contributed by atoms with Gasteiger partial charge in [-0.15, -0.1) is 5.10 Å². The zero-order valence-electron chi connectivity index (χ0n) is 11.7. The minimum absolute atomic E-state index is 0.699. The number of tetrazole rings is 1. The van der Waals surface area contributed by atoms with Gasteiger partial charge in [0.2, 0.25) is 0 Å². The molecule has 2 aromatic carbocycles. The molecule has 0 spiro atoms. The average molecular weight is 344 g/mol. The third-order valence-corrected chi connectivity index (χ3v) is 3.69. The average Bonchev–Trinajstić information content (AvgIpc) is 2.86. The van der Waals surface area contributed by atoms with Gasteiger partial charge in [-0.25, -0.2) is 0 Å². The molecule has 0 saturated carbocycles. The fourth-order valence-electron chi connectivity index (χ4n) is 2.31. The predicted molar refractivity (Wildman–Crippen MR) is 86.2 cm³/mol. The van der Waals surface area contributed by atoms with Gasteiger partial charge < -0.3 is 5.73 Å². The molecular weight excluding hydrogens is 330 g/mol. The van der Waals surface area contributed by atoms with Crippen molar-refractivity contribution < 1.29 is 0 Å². The van der Waals surface area contributed by atoms with Crippen LogP contribution in [0.4, 0.5) is 5.69 Å². The number of aryl methyl sites for hydroxylation is 2. The first kappa shape index (κ1) is 13.8. The summed E-state index contributed by atoms with van der Waals surface area (Å²) in [4.78, 5) is 0. The molecule has 0 bridgehead atoms. The highest BCUT2D eigenvalue weighted by atomic mass is 79.9. The SMILES string of the molecule is Cc1cc(Br)cc(-n2nnnc2-c2ccc(N)cc2C)c1. The Morgan fingerprint density at radius 1 is 1.10 bits per heavy atom. The van der Waals surface area contributed by atoms with E-state index in [1.54, 1.807) is 4.68 Å². The Hall–Kier alpha value is -2.21. The number of nitrogen functional groups attached to an aromatic ring is 1. The van der Waals surface area contributed by atoms with Crippen LogP contribution in [0.5, 0.6) is 0 Å². The summed E-state index contributed by atoms with van der Waals surface area (Å²) in [5, 5.41) is 12.1. The van der Waals surface area contributed by atoms with E-state index in [0.29, 0.717) is 5.82 Å². The molecule has 0 saturated heterocycles. The Morgan fingerprint density at radius 2 is 1.90 bits per heavy atom. The van der Waals surface area contributed by atoms with Crippen LogP contribution in [0.1, 0.15) is 11.1 Å². The molecule has 6 heteroatoms. The maximum absolute atomic E-state index is 5.81. The van der Waals surface area contributed by atoms with Gasteiger partial charge in [0.15, 0.2) is 5.82 Å². The van der Waals surface area contributed by atoms with Crippen molar-refractivity contribution in [3.05, 3.63) is 52.0 Å². The molecule has 0 atom stereocenters. The summed E-state index contributed by atoms with van der Waals surface area (Å²) in [5.41, 5.74) is 10.6. The van der Waals surface area contributed by atoms with Crippen molar-refractivity contribution in [2.24, 2.45) is 0 Å². The summed E-state index contributed by atoms with van der Waals surface area (Å²) < 4.78 is 2.73. The number of benzene rings is 2. The molecule has 3 rings (SSSR count). The predicted octanol–water partition coefficient (Wildman–Crippen LogP) is 3.29. The number of halogens is 1. The quantitative estimate of drug-likeness (QED) is 0.725. The van der Waals surface area contributed by atoms with E-state index in [1.165, 1.54) is 0 Å². The molecule has 0 amide bonds. The van der Waals surface area contributed by atoms with Crippen LogP contribution in [-0.4, -0.2) is 20.2 Å². The second-order valence-corrected chi connectivity index (χ2v) is 5.89. The van der Waals surface area contributed by atoms with E-state index in [-0.39, 0.29) is 0 Å². The molecule has 0 aliphatic carbocycles. The molecule has 106 valence electrons. The van der Waals surface area contributed by atoms with Crippen LogP contribution in [0, 0.1) is 13.8 Å². The van der Waals surface area contributed by atoms with Gasteiger partial charge in [0.25, 0.3) is 0 Å². The summed E-state index contributed by atoms with van der Waals surface area (Å²) in [6.07, 6.45) is 0. The Kier molecular flexibility index (Phi) is 3.47. The van der Waals surface area contributed by atoms with Crippen molar-refractivity contribution in [3.8, 4) is 17.1 Å². The van der Waals surface area contributed by atoms with E-state index in [9.17, 15) is 0 Å². The molecule has 0 fully saturated rings. The van der Waals surface area contributed by atoms with Gasteiger partial charge in [-0.05, 0) is 71.8 Å². The van der Waals surface area contributed by atoms with E-state index < -0.39 is 0 Å². The number of hydrogen-bond donors (Lipinski definition) is 1. The number of rotatable bonds is 2. The Labute approximate surface area is 130 Å². The Morgan fingerprint density at radius 3 is 2.62 bits per heavy atom. The second kappa shape index (κ2) is 5.29. The highest BCUT2D eigenvalue weighted by Gasteiger charge is 2.13. The fraction of sp³-hybridized carbons (Fsp3) is 0.133. The third kappa shape index (κ3) is 2.67. The topological polar surface area (TPSA) is 69.6 Å². The van der Waals surface area contributed by atoms with Crippen molar-refractivity contribution in [2.75, 3.05) is 5.73 Å². The van der Waals surface area contributed by atoms with E-state index in [0.717, 1.165) is 32.5 Å². The van der Waals surface area contributed by atoms with Crippen LogP contribution in [0.25, 0.3) is 17.1 Å². The third-order valence-electron chi connectivity index (χ3n) is 3.23. The molecule has 0 unspecified atom stereocenters. The lowest BCUT2D eigenvalue weighted by atomic mass is 10.1. The van der Waals surface area contributed by atoms with Crippen LogP contribution < -0.4 is 5.73 Å². The zero-order valence-corrected chi connectivity index (χ0v) is 13.3. The summed E-state index contributed by atoms with van der Waals surface area (Å²) >= 11 is 3.50. The van der Waals surface area contributed by atoms with Gasteiger partial charge in [0.1, 0.15) is 0 Å². The van der Waals surface area contributed by atoms with Crippen LogP contribution in [-0.2, 0) is 0 Å². The number of aromatic nitrogens is 4. The molecular formula is C15H14BrN5. The standard InChI is InChI=1S/C15H14BrN5/c1-9-5-11(16)8-13(6-9)21-15(18-19-20-21)14-4-3-12(17)7-10(14)2/h3-8H,17H2,1-2H3. The second-order valence-electron chi connectivity index (χ2n) is 4.98. The normalized spacial score (nSPS) is 10.8. The summed E-state index contributed by atoms with van der Waals surface area (Å²) in [7, 11) is 0. The molecule has 2 N–H and O–H groups in total. The van der Waals surface area contributed by atoms with Crippen LogP contribution in [0.3, 0.4) is 0 Å². The maximum atomic E-state index is 5.81. The number of nitrogens with two attached hydrogens (primary N) is 1. The lowest BCUT2D eigenvalue weighted by Crippen LogP contribution is -2.01. The van der Waals surface area contributed by atoms with Crippen LogP contribution >= 0.6 is 15.9 Å². The smallest absolute Gasteiger partial charge is 0.187 e. The first-order chi connectivity index (χ1) is 10.0. The van der Waals surface area contributed by atoms with Gasteiger partial charge in [0.05, 0.1) is 5.69 Å². The number of anilines is 1.